The topological polar surface area (TPSA) is 46.5 Å². The van der Waals surface area contributed by atoms with Crippen LogP contribution < -0.4 is 4.74 Å². The van der Waals surface area contributed by atoms with Gasteiger partial charge in [-0.15, -0.1) is 0 Å². The van der Waals surface area contributed by atoms with Gasteiger partial charge in [0.2, 0.25) is 0 Å². The summed E-state index contributed by atoms with van der Waals surface area (Å²) >= 11 is 5.86. The van der Waals surface area contributed by atoms with Crippen LogP contribution in [0.2, 0.25) is 5.02 Å². The summed E-state index contributed by atoms with van der Waals surface area (Å²) in [6, 6.07) is 4.90. The van der Waals surface area contributed by atoms with Crippen molar-refractivity contribution in [3.8, 4) is 5.75 Å². The molecule has 0 amide bonds. The zero-order valence-corrected chi connectivity index (χ0v) is 12.1. The lowest BCUT2D eigenvalue weighted by atomic mass is 10.1. The first-order chi connectivity index (χ1) is 9.16. The molecule has 106 valence electrons. The fraction of sp³-hybridized carbons (Fsp3) is 0.533. The van der Waals surface area contributed by atoms with Gasteiger partial charge in [-0.2, -0.15) is 0 Å². The molecule has 0 radical (unpaired) electrons. The second-order valence-corrected chi connectivity index (χ2v) is 4.94. The molecule has 19 heavy (non-hydrogen) atoms. The van der Waals surface area contributed by atoms with Crippen molar-refractivity contribution in [3.05, 3.63) is 28.8 Å². The number of carbonyl (C=O) groups is 1. The van der Waals surface area contributed by atoms with Crippen molar-refractivity contribution >= 4 is 17.6 Å². The van der Waals surface area contributed by atoms with Crippen LogP contribution in [-0.2, 0) is 0 Å². The molecule has 1 aromatic rings. The van der Waals surface area contributed by atoms with Crippen molar-refractivity contribution in [2.24, 2.45) is 0 Å². The smallest absolute Gasteiger partial charge is 0.341 e. The van der Waals surface area contributed by atoms with Gasteiger partial charge in [-0.1, -0.05) is 56.7 Å². The number of aromatic carboxylic acids is 1. The minimum absolute atomic E-state index is 0.0511. The molecule has 0 bridgehead atoms. The zero-order valence-electron chi connectivity index (χ0n) is 11.3. The highest BCUT2D eigenvalue weighted by atomic mass is 35.5. The van der Waals surface area contributed by atoms with Crippen molar-refractivity contribution in [1.29, 1.82) is 0 Å². The van der Waals surface area contributed by atoms with Crippen LogP contribution in [0.25, 0.3) is 0 Å². The lowest BCUT2D eigenvalue weighted by molar-refractivity contribution is 0.0692. The highest BCUT2D eigenvalue weighted by Gasteiger charge is 2.15. The molecule has 1 rings (SSSR count). The first-order valence-electron chi connectivity index (χ1n) is 6.81. The molecule has 0 heterocycles. The third kappa shape index (κ3) is 5.52. The zero-order chi connectivity index (χ0) is 14.1. The van der Waals surface area contributed by atoms with Crippen LogP contribution in [0.5, 0.6) is 5.75 Å². The van der Waals surface area contributed by atoms with Gasteiger partial charge in [0.05, 0.1) is 11.6 Å². The molecule has 0 aliphatic heterocycles. The van der Waals surface area contributed by atoms with Crippen molar-refractivity contribution in [2.75, 3.05) is 6.61 Å². The number of carboxylic acid groups (broad SMARTS) is 1. The van der Waals surface area contributed by atoms with E-state index in [0.717, 1.165) is 12.8 Å². The van der Waals surface area contributed by atoms with E-state index < -0.39 is 5.97 Å². The highest BCUT2D eigenvalue weighted by Crippen LogP contribution is 2.26. The van der Waals surface area contributed by atoms with Gasteiger partial charge in [0.25, 0.3) is 0 Å². The first-order valence-corrected chi connectivity index (χ1v) is 7.19. The number of hydrogen-bond acceptors (Lipinski definition) is 2. The first kappa shape index (κ1) is 15.8. The summed E-state index contributed by atoms with van der Waals surface area (Å²) in [5.41, 5.74) is 0.0511. The van der Waals surface area contributed by atoms with E-state index in [1.807, 2.05) is 0 Å². The Labute approximate surface area is 119 Å². The number of hydrogen-bond donors (Lipinski definition) is 1. The molecule has 0 fully saturated rings. The van der Waals surface area contributed by atoms with Gasteiger partial charge in [0, 0.05) is 0 Å². The van der Waals surface area contributed by atoms with Gasteiger partial charge >= 0.3 is 5.97 Å². The van der Waals surface area contributed by atoms with Crippen LogP contribution in [0.1, 0.15) is 55.8 Å². The molecule has 1 N–H and O–H groups in total. The lowest BCUT2D eigenvalue weighted by Gasteiger charge is -2.10. The molecule has 4 heteroatoms. The van der Waals surface area contributed by atoms with Crippen molar-refractivity contribution in [3.63, 3.8) is 0 Å². The maximum absolute atomic E-state index is 11.1. The number of halogens is 1. The highest BCUT2D eigenvalue weighted by molar-refractivity contribution is 6.33. The Bertz CT molecular complexity index is 404. The van der Waals surface area contributed by atoms with Gasteiger partial charge < -0.3 is 9.84 Å². The quantitative estimate of drug-likeness (QED) is 0.664. The van der Waals surface area contributed by atoms with Crippen LogP contribution in [0.4, 0.5) is 0 Å². The Balaban J connectivity index is 2.37. The maximum atomic E-state index is 11.1. The second kappa shape index (κ2) is 8.81. The molecule has 3 nitrogen and oxygen atoms in total. The van der Waals surface area contributed by atoms with E-state index in [4.69, 9.17) is 21.4 Å². The van der Waals surface area contributed by atoms with E-state index >= 15 is 0 Å². The fourth-order valence-corrected chi connectivity index (χ4v) is 2.14. The summed E-state index contributed by atoms with van der Waals surface area (Å²) in [4.78, 5) is 11.1. The summed E-state index contributed by atoms with van der Waals surface area (Å²) in [6.45, 7) is 2.72. The number of ether oxygens (including phenoxy) is 1. The minimum Gasteiger partial charge on any atom is -0.493 e. The molecule has 0 atom stereocenters. The fourth-order valence-electron chi connectivity index (χ4n) is 1.90. The van der Waals surface area contributed by atoms with Crippen molar-refractivity contribution in [1.82, 2.24) is 0 Å². The molecular formula is C15H21ClO3. The molecular weight excluding hydrogens is 264 g/mol. The molecule has 0 saturated carbocycles. The van der Waals surface area contributed by atoms with Gasteiger partial charge in [0.15, 0.2) is 0 Å². The lowest BCUT2D eigenvalue weighted by Crippen LogP contribution is -2.05. The Morgan fingerprint density at radius 3 is 2.58 bits per heavy atom. The van der Waals surface area contributed by atoms with Crippen LogP contribution in [-0.4, -0.2) is 17.7 Å². The number of carboxylic acids is 1. The summed E-state index contributed by atoms with van der Waals surface area (Å²) < 4.78 is 5.52. The Hall–Kier alpha value is -1.22. The predicted octanol–water partition coefficient (Wildman–Crippen LogP) is 4.78. The Morgan fingerprint density at radius 1 is 1.21 bits per heavy atom. The molecule has 0 spiro atoms. The monoisotopic (exact) mass is 284 g/mol. The molecule has 1 aromatic carbocycles. The molecule has 0 aliphatic rings. The summed E-state index contributed by atoms with van der Waals surface area (Å²) in [5, 5.41) is 9.30. The Morgan fingerprint density at radius 2 is 1.89 bits per heavy atom. The third-order valence-electron chi connectivity index (χ3n) is 2.94. The number of unbranched alkanes of at least 4 members (excludes halogenated alkanes) is 5. The van der Waals surface area contributed by atoms with E-state index in [1.165, 1.54) is 25.7 Å². The second-order valence-electron chi connectivity index (χ2n) is 4.53. The van der Waals surface area contributed by atoms with Crippen LogP contribution in [0, 0.1) is 0 Å². The van der Waals surface area contributed by atoms with E-state index in [-0.39, 0.29) is 10.6 Å². The summed E-state index contributed by atoms with van der Waals surface area (Å²) in [7, 11) is 0. The molecule has 0 unspecified atom stereocenters. The third-order valence-corrected chi connectivity index (χ3v) is 3.26. The van der Waals surface area contributed by atoms with Gasteiger partial charge in [-0.3, -0.25) is 0 Å². The van der Waals surface area contributed by atoms with Gasteiger partial charge in [-0.25, -0.2) is 4.79 Å². The van der Waals surface area contributed by atoms with E-state index in [0.29, 0.717) is 12.4 Å². The normalized spacial score (nSPS) is 10.4. The van der Waals surface area contributed by atoms with E-state index in [2.05, 4.69) is 6.92 Å². The minimum atomic E-state index is -1.05. The standard InChI is InChI=1S/C15H21ClO3/c1-2-3-4-5-6-7-11-19-13-10-8-9-12(16)14(13)15(17)18/h8-10H,2-7,11H2,1H3,(H,17,18). The van der Waals surface area contributed by atoms with Gasteiger partial charge in [-0.05, 0) is 18.6 Å². The maximum Gasteiger partial charge on any atom is 0.341 e. The molecule has 0 saturated heterocycles. The predicted molar refractivity (Wildman–Crippen MR) is 77.3 cm³/mol. The SMILES string of the molecule is CCCCCCCCOc1cccc(Cl)c1C(=O)O. The van der Waals surface area contributed by atoms with Crippen molar-refractivity contribution < 1.29 is 14.6 Å². The number of benzene rings is 1. The largest absolute Gasteiger partial charge is 0.493 e. The average Bonchev–Trinajstić information content (AvgIpc) is 2.37. The van der Waals surface area contributed by atoms with Crippen LogP contribution in [0.3, 0.4) is 0 Å². The average molecular weight is 285 g/mol. The van der Waals surface area contributed by atoms with Gasteiger partial charge in [0.1, 0.15) is 11.3 Å². The van der Waals surface area contributed by atoms with E-state index in [1.54, 1.807) is 18.2 Å². The van der Waals surface area contributed by atoms with Crippen LogP contribution in [0.15, 0.2) is 18.2 Å². The van der Waals surface area contributed by atoms with Crippen LogP contribution >= 0.6 is 11.6 Å². The molecule has 0 aliphatic carbocycles. The number of rotatable bonds is 9. The van der Waals surface area contributed by atoms with Crippen molar-refractivity contribution in [2.45, 2.75) is 45.4 Å². The summed E-state index contributed by atoms with van der Waals surface area (Å²) in [5.74, 6) is -0.697. The Kier molecular flexibility index (Phi) is 7.34. The summed E-state index contributed by atoms with van der Waals surface area (Å²) in [6.07, 6.45) is 7.03. The van der Waals surface area contributed by atoms with E-state index in [9.17, 15) is 4.79 Å². The molecule has 0 aromatic heterocycles.